The second-order valence-corrected chi connectivity index (χ2v) is 2.91. The Bertz CT molecular complexity index is 292. The SMILES string of the molecule is CCc1cc(NC(=O)C(C)N)n[nH]1. The van der Waals surface area contributed by atoms with Crippen molar-refractivity contribution in [2.45, 2.75) is 26.3 Å². The molecule has 0 bridgehead atoms. The second kappa shape index (κ2) is 4.04. The van der Waals surface area contributed by atoms with Crippen molar-refractivity contribution in [3.63, 3.8) is 0 Å². The highest BCUT2D eigenvalue weighted by Crippen LogP contribution is 2.05. The van der Waals surface area contributed by atoms with Gasteiger partial charge in [-0.2, -0.15) is 5.10 Å². The van der Waals surface area contributed by atoms with Gasteiger partial charge in [0.2, 0.25) is 5.91 Å². The van der Waals surface area contributed by atoms with Crippen LogP contribution >= 0.6 is 0 Å². The Hall–Kier alpha value is -1.36. The highest BCUT2D eigenvalue weighted by molar-refractivity contribution is 5.93. The largest absolute Gasteiger partial charge is 0.320 e. The molecule has 0 fully saturated rings. The van der Waals surface area contributed by atoms with E-state index in [1.807, 2.05) is 6.92 Å². The van der Waals surface area contributed by atoms with Gasteiger partial charge in [0.05, 0.1) is 6.04 Å². The summed E-state index contributed by atoms with van der Waals surface area (Å²) in [6.07, 6.45) is 0.862. The van der Waals surface area contributed by atoms with Gasteiger partial charge >= 0.3 is 0 Å². The first-order chi connectivity index (χ1) is 6.13. The third kappa shape index (κ3) is 2.55. The lowest BCUT2D eigenvalue weighted by Crippen LogP contribution is -2.32. The molecule has 0 aliphatic carbocycles. The maximum Gasteiger partial charge on any atom is 0.242 e. The molecule has 1 heterocycles. The van der Waals surface area contributed by atoms with Crippen LogP contribution < -0.4 is 11.1 Å². The number of carbonyl (C=O) groups excluding carboxylic acids is 1. The lowest BCUT2D eigenvalue weighted by atomic mass is 10.3. The van der Waals surface area contributed by atoms with Gasteiger partial charge in [0.1, 0.15) is 0 Å². The molecule has 72 valence electrons. The van der Waals surface area contributed by atoms with E-state index < -0.39 is 6.04 Å². The minimum atomic E-state index is -0.512. The standard InChI is InChI=1S/C8H14N4O/c1-3-6-4-7(12-11-6)10-8(13)5(2)9/h4-5H,3,9H2,1-2H3,(H2,10,11,12,13). The summed E-state index contributed by atoms with van der Waals surface area (Å²) in [5.74, 6) is 0.299. The van der Waals surface area contributed by atoms with Gasteiger partial charge in [-0.25, -0.2) is 0 Å². The van der Waals surface area contributed by atoms with Crippen LogP contribution in [0.1, 0.15) is 19.5 Å². The smallest absolute Gasteiger partial charge is 0.242 e. The van der Waals surface area contributed by atoms with Gasteiger partial charge in [-0.3, -0.25) is 9.89 Å². The van der Waals surface area contributed by atoms with Gasteiger partial charge < -0.3 is 11.1 Å². The van der Waals surface area contributed by atoms with Crippen LogP contribution in [-0.2, 0) is 11.2 Å². The van der Waals surface area contributed by atoms with Crippen LogP contribution in [0, 0.1) is 0 Å². The molecule has 1 rings (SSSR count). The quantitative estimate of drug-likeness (QED) is 0.626. The first-order valence-electron chi connectivity index (χ1n) is 4.24. The van der Waals surface area contributed by atoms with Gasteiger partial charge in [0.25, 0.3) is 0 Å². The number of nitrogens with two attached hydrogens (primary N) is 1. The van der Waals surface area contributed by atoms with Crippen LogP contribution in [-0.4, -0.2) is 22.1 Å². The number of aryl methyl sites for hydroxylation is 1. The predicted octanol–water partition coefficient (Wildman–Crippen LogP) is 0.258. The summed E-state index contributed by atoms with van der Waals surface area (Å²) in [7, 11) is 0. The summed E-state index contributed by atoms with van der Waals surface area (Å²) >= 11 is 0. The summed E-state index contributed by atoms with van der Waals surface area (Å²) in [4.78, 5) is 11.1. The number of H-pyrrole nitrogens is 1. The molecule has 1 aromatic heterocycles. The Balaban J connectivity index is 2.59. The number of amides is 1. The van der Waals surface area contributed by atoms with E-state index in [1.165, 1.54) is 0 Å². The average molecular weight is 182 g/mol. The van der Waals surface area contributed by atoms with E-state index in [0.29, 0.717) is 5.82 Å². The van der Waals surface area contributed by atoms with E-state index >= 15 is 0 Å². The monoisotopic (exact) mass is 182 g/mol. The molecular weight excluding hydrogens is 168 g/mol. The molecule has 1 aromatic rings. The number of nitrogens with zero attached hydrogens (tertiary/aromatic N) is 1. The Morgan fingerprint density at radius 2 is 2.54 bits per heavy atom. The Morgan fingerprint density at radius 1 is 1.85 bits per heavy atom. The number of hydrogen-bond acceptors (Lipinski definition) is 3. The number of rotatable bonds is 3. The molecule has 0 aliphatic rings. The topological polar surface area (TPSA) is 83.8 Å². The van der Waals surface area contributed by atoms with Gasteiger partial charge in [-0.05, 0) is 13.3 Å². The van der Waals surface area contributed by atoms with Crippen molar-refractivity contribution in [3.05, 3.63) is 11.8 Å². The van der Waals surface area contributed by atoms with Crippen LogP contribution in [0.2, 0.25) is 0 Å². The second-order valence-electron chi connectivity index (χ2n) is 2.91. The van der Waals surface area contributed by atoms with Crippen LogP contribution in [0.4, 0.5) is 5.82 Å². The lowest BCUT2D eigenvalue weighted by Gasteiger charge is -2.03. The normalized spacial score (nSPS) is 12.5. The predicted molar refractivity (Wildman–Crippen MR) is 50.2 cm³/mol. The van der Waals surface area contributed by atoms with Gasteiger partial charge in [-0.1, -0.05) is 6.92 Å². The van der Waals surface area contributed by atoms with E-state index in [1.54, 1.807) is 13.0 Å². The van der Waals surface area contributed by atoms with Crippen LogP contribution in [0.3, 0.4) is 0 Å². The van der Waals surface area contributed by atoms with Crippen LogP contribution in [0.15, 0.2) is 6.07 Å². The van der Waals surface area contributed by atoms with E-state index in [4.69, 9.17) is 5.73 Å². The van der Waals surface area contributed by atoms with Gasteiger partial charge in [0.15, 0.2) is 5.82 Å². The molecule has 1 atom stereocenters. The molecule has 13 heavy (non-hydrogen) atoms. The molecule has 0 saturated heterocycles. The molecule has 5 nitrogen and oxygen atoms in total. The fourth-order valence-electron chi connectivity index (χ4n) is 0.847. The van der Waals surface area contributed by atoms with E-state index in [-0.39, 0.29) is 5.91 Å². The fraction of sp³-hybridized carbons (Fsp3) is 0.500. The lowest BCUT2D eigenvalue weighted by molar-refractivity contribution is -0.117. The van der Waals surface area contributed by atoms with Crippen LogP contribution in [0.5, 0.6) is 0 Å². The molecule has 1 unspecified atom stereocenters. The average Bonchev–Trinajstić information content (AvgIpc) is 2.52. The molecule has 4 N–H and O–H groups in total. The highest BCUT2D eigenvalue weighted by atomic mass is 16.2. The Kier molecular flexibility index (Phi) is 3.02. The number of aromatic nitrogens is 2. The Morgan fingerprint density at radius 3 is 3.00 bits per heavy atom. The van der Waals surface area contributed by atoms with Crippen molar-refractivity contribution in [2.24, 2.45) is 5.73 Å². The number of nitrogens with one attached hydrogen (secondary N) is 2. The first-order valence-corrected chi connectivity index (χ1v) is 4.24. The van der Waals surface area contributed by atoms with E-state index in [2.05, 4.69) is 15.5 Å². The van der Waals surface area contributed by atoms with Crippen molar-refractivity contribution in [2.75, 3.05) is 5.32 Å². The summed E-state index contributed by atoms with van der Waals surface area (Å²) < 4.78 is 0. The molecule has 0 aromatic carbocycles. The molecule has 0 aliphatic heterocycles. The molecule has 0 spiro atoms. The highest BCUT2D eigenvalue weighted by Gasteiger charge is 2.08. The van der Waals surface area contributed by atoms with Gasteiger partial charge in [0, 0.05) is 11.8 Å². The molecule has 5 heteroatoms. The third-order valence-electron chi connectivity index (χ3n) is 1.68. The number of anilines is 1. The Labute approximate surface area is 76.7 Å². The maximum absolute atomic E-state index is 11.1. The number of hydrogen-bond donors (Lipinski definition) is 3. The molecular formula is C8H14N4O. The van der Waals surface area contributed by atoms with Crippen LogP contribution in [0.25, 0.3) is 0 Å². The van der Waals surface area contributed by atoms with Crippen molar-refractivity contribution < 1.29 is 4.79 Å². The third-order valence-corrected chi connectivity index (χ3v) is 1.68. The summed E-state index contributed by atoms with van der Waals surface area (Å²) in [6, 6.07) is 1.28. The van der Waals surface area contributed by atoms with E-state index in [9.17, 15) is 4.79 Å². The maximum atomic E-state index is 11.1. The molecule has 0 radical (unpaired) electrons. The number of carbonyl (C=O) groups is 1. The van der Waals surface area contributed by atoms with Crippen molar-refractivity contribution in [3.8, 4) is 0 Å². The number of aromatic amines is 1. The summed E-state index contributed by atoms with van der Waals surface area (Å²) in [5.41, 5.74) is 6.36. The minimum Gasteiger partial charge on any atom is -0.320 e. The summed E-state index contributed by atoms with van der Waals surface area (Å²) in [6.45, 7) is 3.63. The van der Waals surface area contributed by atoms with Crippen molar-refractivity contribution in [1.29, 1.82) is 0 Å². The van der Waals surface area contributed by atoms with Gasteiger partial charge in [-0.15, -0.1) is 0 Å². The van der Waals surface area contributed by atoms with Crippen molar-refractivity contribution >= 4 is 11.7 Å². The molecule has 1 amide bonds. The zero-order valence-electron chi connectivity index (χ0n) is 7.79. The first kappa shape index (κ1) is 9.73. The minimum absolute atomic E-state index is 0.228. The van der Waals surface area contributed by atoms with E-state index in [0.717, 1.165) is 12.1 Å². The zero-order chi connectivity index (χ0) is 9.84. The van der Waals surface area contributed by atoms with Crippen molar-refractivity contribution in [1.82, 2.24) is 10.2 Å². The summed E-state index contributed by atoms with van der Waals surface area (Å²) in [5, 5.41) is 9.28. The molecule has 0 saturated carbocycles. The fourth-order valence-corrected chi connectivity index (χ4v) is 0.847. The zero-order valence-corrected chi connectivity index (χ0v) is 7.79.